The molecule has 0 radical (unpaired) electrons. The summed E-state index contributed by atoms with van der Waals surface area (Å²) in [4.78, 5) is 12.1. The van der Waals surface area contributed by atoms with Crippen LogP contribution in [0.3, 0.4) is 0 Å². The molecule has 0 spiro atoms. The Bertz CT molecular complexity index is 692. The molecule has 1 heterocycles. The maximum Gasteiger partial charge on any atom is 0.230 e. The van der Waals surface area contributed by atoms with Crippen molar-refractivity contribution < 1.29 is 4.79 Å². The largest absolute Gasteiger partial charge is 0.349 e. The number of halogens is 2. The van der Waals surface area contributed by atoms with Gasteiger partial charge >= 0.3 is 0 Å². The Morgan fingerprint density at radius 2 is 2.09 bits per heavy atom. The molecule has 2 aromatic rings. The predicted octanol–water partition coefficient (Wildman–Crippen LogP) is 3.53. The fraction of sp³-hybridized carbons (Fsp3) is 0.429. The number of hydrogen-bond acceptors (Lipinski definition) is 5. The maximum absolute atomic E-state index is 12.1. The number of rotatable bonds is 6. The Hall–Kier alpha value is -1.31. The molecule has 1 atom stereocenters. The van der Waals surface area contributed by atoms with Crippen molar-refractivity contribution in [2.45, 2.75) is 38.0 Å². The van der Waals surface area contributed by atoms with Crippen LogP contribution in [-0.4, -0.2) is 31.9 Å². The SMILES string of the molecule is CC(NC(=O)CSc1nnnn1C(C)C)c1ccc(Cl)cc1Cl. The van der Waals surface area contributed by atoms with E-state index in [-0.39, 0.29) is 23.7 Å². The van der Waals surface area contributed by atoms with E-state index in [9.17, 15) is 4.79 Å². The summed E-state index contributed by atoms with van der Waals surface area (Å²) in [6.07, 6.45) is 0. The first kappa shape index (κ1) is 18.0. The van der Waals surface area contributed by atoms with Gasteiger partial charge in [0, 0.05) is 10.0 Å². The van der Waals surface area contributed by atoms with Gasteiger partial charge in [-0.05, 0) is 48.9 Å². The zero-order chi connectivity index (χ0) is 17.0. The number of nitrogens with one attached hydrogen (secondary N) is 1. The van der Waals surface area contributed by atoms with E-state index < -0.39 is 0 Å². The third-order valence-corrected chi connectivity index (χ3v) is 4.59. The van der Waals surface area contributed by atoms with Crippen LogP contribution < -0.4 is 5.32 Å². The monoisotopic (exact) mass is 373 g/mol. The van der Waals surface area contributed by atoms with Crippen molar-refractivity contribution in [3.05, 3.63) is 33.8 Å². The van der Waals surface area contributed by atoms with Gasteiger partial charge in [-0.1, -0.05) is 41.0 Å². The first-order chi connectivity index (χ1) is 10.9. The van der Waals surface area contributed by atoms with Crippen molar-refractivity contribution in [3.63, 3.8) is 0 Å². The molecule has 124 valence electrons. The highest BCUT2D eigenvalue weighted by Gasteiger charge is 2.15. The Balaban J connectivity index is 1.93. The molecule has 0 saturated heterocycles. The lowest BCUT2D eigenvalue weighted by molar-refractivity contribution is -0.119. The molecule has 0 aliphatic heterocycles. The van der Waals surface area contributed by atoms with Crippen LogP contribution in [0.1, 0.15) is 38.4 Å². The summed E-state index contributed by atoms with van der Waals surface area (Å²) in [6.45, 7) is 5.83. The van der Waals surface area contributed by atoms with Crippen LogP contribution in [0.5, 0.6) is 0 Å². The number of carbonyl (C=O) groups excluding carboxylic acids is 1. The second-order valence-corrected chi connectivity index (χ2v) is 7.03. The number of hydrogen-bond donors (Lipinski definition) is 1. The number of carbonyl (C=O) groups is 1. The topological polar surface area (TPSA) is 72.7 Å². The highest BCUT2D eigenvalue weighted by Crippen LogP contribution is 2.26. The predicted molar refractivity (Wildman–Crippen MR) is 91.9 cm³/mol. The van der Waals surface area contributed by atoms with E-state index in [1.807, 2.05) is 26.8 Å². The lowest BCUT2D eigenvalue weighted by Gasteiger charge is -2.16. The highest BCUT2D eigenvalue weighted by molar-refractivity contribution is 7.99. The number of amides is 1. The van der Waals surface area contributed by atoms with Crippen LogP contribution in [0.15, 0.2) is 23.4 Å². The quantitative estimate of drug-likeness (QED) is 0.783. The maximum atomic E-state index is 12.1. The third kappa shape index (κ3) is 4.83. The van der Waals surface area contributed by atoms with Gasteiger partial charge in [0.15, 0.2) is 0 Å². The average molecular weight is 374 g/mol. The van der Waals surface area contributed by atoms with Crippen molar-refractivity contribution >= 4 is 40.9 Å². The lowest BCUT2D eigenvalue weighted by Crippen LogP contribution is -2.28. The molecule has 6 nitrogen and oxygen atoms in total. The number of tetrazole rings is 1. The second kappa shape index (κ2) is 7.99. The molecule has 9 heteroatoms. The average Bonchev–Trinajstić information content (AvgIpc) is 2.93. The zero-order valence-corrected chi connectivity index (χ0v) is 15.3. The zero-order valence-electron chi connectivity index (χ0n) is 13.0. The standard InChI is InChI=1S/C14H17Cl2N5OS/c1-8(2)21-14(18-19-20-21)23-7-13(22)17-9(3)11-5-4-10(15)6-12(11)16/h4-6,8-9H,7H2,1-3H3,(H,17,22). The molecule has 0 saturated carbocycles. The Morgan fingerprint density at radius 1 is 1.35 bits per heavy atom. The molecule has 0 aliphatic carbocycles. The van der Waals surface area contributed by atoms with E-state index in [2.05, 4.69) is 20.8 Å². The number of benzene rings is 1. The molecule has 0 fully saturated rings. The minimum Gasteiger partial charge on any atom is -0.349 e. The van der Waals surface area contributed by atoms with Gasteiger partial charge in [0.25, 0.3) is 0 Å². The van der Waals surface area contributed by atoms with Crippen LogP contribution in [0.25, 0.3) is 0 Å². The summed E-state index contributed by atoms with van der Waals surface area (Å²) in [5.74, 6) is 0.106. The summed E-state index contributed by atoms with van der Waals surface area (Å²) in [5.41, 5.74) is 0.821. The molecule has 1 N–H and O–H groups in total. The van der Waals surface area contributed by atoms with Crippen LogP contribution in [0, 0.1) is 0 Å². The lowest BCUT2D eigenvalue weighted by atomic mass is 10.1. The van der Waals surface area contributed by atoms with Crippen molar-refractivity contribution in [1.29, 1.82) is 0 Å². The molecule has 23 heavy (non-hydrogen) atoms. The minimum atomic E-state index is -0.214. The van der Waals surface area contributed by atoms with E-state index in [4.69, 9.17) is 23.2 Å². The summed E-state index contributed by atoms with van der Waals surface area (Å²) in [6, 6.07) is 5.14. The van der Waals surface area contributed by atoms with Crippen LogP contribution in [0.2, 0.25) is 10.0 Å². The van der Waals surface area contributed by atoms with E-state index in [0.717, 1.165) is 5.56 Å². The summed E-state index contributed by atoms with van der Waals surface area (Å²) < 4.78 is 1.68. The van der Waals surface area contributed by atoms with Crippen molar-refractivity contribution in [2.75, 3.05) is 5.75 Å². The smallest absolute Gasteiger partial charge is 0.230 e. The van der Waals surface area contributed by atoms with Crippen molar-refractivity contribution in [1.82, 2.24) is 25.5 Å². The van der Waals surface area contributed by atoms with Crippen LogP contribution in [0.4, 0.5) is 0 Å². The number of thioether (sulfide) groups is 1. The Morgan fingerprint density at radius 3 is 2.74 bits per heavy atom. The van der Waals surface area contributed by atoms with Gasteiger partial charge in [-0.25, -0.2) is 4.68 Å². The molecule has 1 amide bonds. The van der Waals surface area contributed by atoms with E-state index >= 15 is 0 Å². The fourth-order valence-electron chi connectivity index (χ4n) is 1.95. The van der Waals surface area contributed by atoms with Crippen LogP contribution >= 0.6 is 35.0 Å². The van der Waals surface area contributed by atoms with Gasteiger partial charge in [-0.2, -0.15) is 0 Å². The van der Waals surface area contributed by atoms with E-state index in [1.54, 1.807) is 16.8 Å². The molecule has 1 aromatic carbocycles. The van der Waals surface area contributed by atoms with Crippen molar-refractivity contribution in [2.24, 2.45) is 0 Å². The van der Waals surface area contributed by atoms with Gasteiger partial charge in [-0.15, -0.1) is 5.10 Å². The minimum absolute atomic E-state index is 0.119. The fourth-order valence-corrected chi connectivity index (χ4v) is 3.34. The van der Waals surface area contributed by atoms with Gasteiger partial charge in [0.05, 0.1) is 17.8 Å². The molecule has 0 bridgehead atoms. The highest BCUT2D eigenvalue weighted by atomic mass is 35.5. The van der Waals surface area contributed by atoms with Gasteiger partial charge < -0.3 is 5.32 Å². The first-order valence-corrected chi connectivity index (χ1v) is 8.77. The van der Waals surface area contributed by atoms with Gasteiger partial charge in [0.1, 0.15) is 0 Å². The molecule has 1 unspecified atom stereocenters. The van der Waals surface area contributed by atoms with E-state index in [1.165, 1.54) is 11.8 Å². The molecular formula is C14H17Cl2N5OS. The summed E-state index contributed by atoms with van der Waals surface area (Å²) >= 11 is 13.3. The summed E-state index contributed by atoms with van der Waals surface area (Å²) in [7, 11) is 0. The van der Waals surface area contributed by atoms with Gasteiger partial charge in [-0.3, -0.25) is 4.79 Å². The third-order valence-electron chi connectivity index (χ3n) is 3.09. The Kier molecular flexibility index (Phi) is 6.26. The normalized spacial score (nSPS) is 12.4. The second-order valence-electron chi connectivity index (χ2n) is 5.24. The molecular weight excluding hydrogens is 357 g/mol. The molecule has 0 aliphatic rings. The number of aromatic nitrogens is 4. The van der Waals surface area contributed by atoms with Crippen molar-refractivity contribution in [3.8, 4) is 0 Å². The van der Waals surface area contributed by atoms with Gasteiger partial charge in [0.2, 0.25) is 11.1 Å². The van der Waals surface area contributed by atoms with E-state index in [0.29, 0.717) is 15.2 Å². The van der Waals surface area contributed by atoms with Crippen LogP contribution in [-0.2, 0) is 4.79 Å². The molecule has 2 rings (SSSR count). The number of nitrogens with zero attached hydrogens (tertiary/aromatic N) is 4. The first-order valence-electron chi connectivity index (χ1n) is 7.03. The molecule has 1 aromatic heterocycles. The Labute approximate surface area is 148 Å². The summed E-state index contributed by atoms with van der Waals surface area (Å²) in [5, 5.41) is 16.1.